The van der Waals surface area contributed by atoms with Crippen molar-refractivity contribution in [2.24, 2.45) is 5.73 Å². The summed E-state index contributed by atoms with van der Waals surface area (Å²) in [7, 11) is 0. The molecule has 2 amide bonds. The molecule has 2 aromatic rings. The second-order valence-electron chi connectivity index (χ2n) is 5.61. The number of amides is 2. The maximum absolute atomic E-state index is 11.9. The van der Waals surface area contributed by atoms with E-state index >= 15 is 0 Å². The zero-order valence-corrected chi connectivity index (χ0v) is 13.8. The molecule has 0 aromatic carbocycles. The third-order valence-electron chi connectivity index (χ3n) is 4.29. The van der Waals surface area contributed by atoms with Crippen LogP contribution in [-0.4, -0.2) is 38.3 Å². The van der Waals surface area contributed by atoms with Gasteiger partial charge in [-0.3, -0.25) is 0 Å². The Morgan fingerprint density at radius 2 is 2.32 bits per heavy atom. The van der Waals surface area contributed by atoms with Gasteiger partial charge in [-0.15, -0.1) is 10.2 Å². The van der Waals surface area contributed by atoms with E-state index in [1.807, 2.05) is 13.0 Å². The van der Waals surface area contributed by atoms with Crippen molar-refractivity contribution in [2.45, 2.75) is 32.4 Å². The number of hydrogen-bond acceptors (Lipinski definition) is 5. The summed E-state index contributed by atoms with van der Waals surface area (Å²) in [5.74, 6) is 0.754. The molecule has 1 saturated heterocycles. The van der Waals surface area contributed by atoms with Crippen LogP contribution in [0.1, 0.15) is 25.7 Å². The smallest absolute Gasteiger partial charge is 0.414 e. The highest BCUT2D eigenvalue weighted by atomic mass is 79.9. The number of primary amides is 1. The minimum Gasteiger partial charge on any atom is -0.414 e. The molecule has 3 heterocycles. The Kier molecular flexibility index (Phi) is 3.96. The van der Waals surface area contributed by atoms with E-state index in [-0.39, 0.29) is 16.6 Å². The van der Waals surface area contributed by atoms with E-state index in [9.17, 15) is 4.79 Å². The highest BCUT2D eigenvalue weighted by molar-refractivity contribution is 9.10. The molecule has 22 heavy (non-hydrogen) atoms. The first-order valence-electron chi connectivity index (χ1n) is 7.12. The topological polar surface area (TPSA) is 94.9 Å². The molecule has 0 saturated carbocycles. The molecule has 0 spiro atoms. The Morgan fingerprint density at radius 1 is 1.50 bits per heavy atom. The van der Waals surface area contributed by atoms with Gasteiger partial charge in [0.2, 0.25) is 0 Å². The van der Waals surface area contributed by atoms with Crippen molar-refractivity contribution in [3.63, 3.8) is 0 Å². The molecule has 0 bridgehead atoms. The maximum atomic E-state index is 11.9. The fourth-order valence-corrected chi connectivity index (χ4v) is 3.18. The molecule has 116 valence electrons. The fourth-order valence-electron chi connectivity index (χ4n) is 2.94. The third kappa shape index (κ3) is 2.64. The number of urea groups is 1. The van der Waals surface area contributed by atoms with Crippen molar-refractivity contribution in [3.8, 4) is 11.6 Å². The first-order valence-corrected chi connectivity index (χ1v) is 7.91. The minimum absolute atomic E-state index is 0.165. The van der Waals surface area contributed by atoms with E-state index in [1.54, 1.807) is 12.3 Å². The summed E-state index contributed by atoms with van der Waals surface area (Å²) in [6, 6.07) is 3.47. The predicted octanol–water partition coefficient (Wildman–Crippen LogP) is 2.47. The second-order valence-corrected chi connectivity index (χ2v) is 6.52. The lowest BCUT2D eigenvalue weighted by Crippen LogP contribution is -2.57. The van der Waals surface area contributed by atoms with Gasteiger partial charge < -0.3 is 10.2 Å². The molecule has 7 nitrogen and oxygen atoms in total. The molecule has 0 radical (unpaired) electrons. The predicted molar refractivity (Wildman–Crippen MR) is 82.3 cm³/mol. The van der Waals surface area contributed by atoms with Crippen molar-refractivity contribution < 1.29 is 13.7 Å². The molecule has 1 unspecified atom stereocenters. The van der Waals surface area contributed by atoms with Gasteiger partial charge >= 0.3 is 6.03 Å². The van der Waals surface area contributed by atoms with Crippen LogP contribution in [0.5, 0.6) is 0 Å². The number of carbonyl (C=O) groups is 1. The van der Waals surface area contributed by atoms with E-state index in [0.29, 0.717) is 30.6 Å². The molecule has 1 aliphatic rings. The average molecular weight is 367 g/mol. The van der Waals surface area contributed by atoms with Gasteiger partial charge in [0.05, 0.1) is 12.6 Å². The number of nitrogens with two attached hydrogens (primary N) is 1. The Morgan fingerprint density at radius 3 is 2.91 bits per heavy atom. The summed E-state index contributed by atoms with van der Waals surface area (Å²) in [5, 5.41) is 8.07. The molecule has 1 fully saturated rings. The van der Waals surface area contributed by atoms with Crippen molar-refractivity contribution in [2.75, 3.05) is 6.54 Å². The largest absolute Gasteiger partial charge is 0.414 e. The van der Waals surface area contributed by atoms with Crippen molar-refractivity contribution in [3.05, 3.63) is 28.7 Å². The standard InChI is InChI=1S/C14H16BrN5O2/c1-9-3-2-6-20(9,14(16)21)8-12-18-19-13(22-12)11-5-4-10(15)7-17-11/h4-5,7,9H,2-3,6,8H2,1H3,(H-,16,21)/p+1/t9-,20?/m1/s1. The molecule has 2 N–H and O–H groups in total. The molecule has 8 heteroatoms. The average Bonchev–Trinajstić information content (AvgIpc) is 3.09. The number of rotatable bonds is 3. The maximum Gasteiger partial charge on any atom is 0.414 e. The summed E-state index contributed by atoms with van der Waals surface area (Å²) in [5.41, 5.74) is 6.23. The molecule has 1 aliphatic heterocycles. The van der Waals surface area contributed by atoms with E-state index in [1.165, 1.54) is 0 Å². The van der Waals surface area contributed by atoms with Gasteiger partial charge in [0.15, 0.2) is 6.54 Å². The van der Waals surface area contributed by atoms with Crippen LogP contribution in [0.15, 0.2) is 27.2 Å². The van der Waals surface area contributed by atoms with Gasteiger partial charge in [0.1, 0.15) is 5.69 Å². The van der Waals surface area contributed by atoms with Gasteiger partial charge in [0.25, 0.3) is 11.8 Å². The highest BCUT2D eigenvalue weighted by Gasteiger charge is 2.46. The highest BCUT2D eigenvalue weighted by Crippen LogP contribution is 2.30. The zero-order chi connectivity index (χ0) is 15.7. The normalized spacial score (nSPS) is 24.5. The number of aromatic nitrogens is 3. The summed E-state index contributed by atoms with van der Waals surface area (Å²) in [4.78, 5) is 16.2. The molecule has 3 rings (SSSR count). The van der Waals surface area contributed by atoms with Crippen LogP contribution in [-0.2, 0) is 6.54 Å². The van der Waals surface area contributed by atoms with Crippen LogP contribution in [0, 0.1) is 0 Å². The quantitative estimate of drug-likeness (QED) is 0.841. The monoisotopic (exact) mass is 366 g/mol. The van der Waals surface area contributed by atoms with Gasteiger partial charge in [0, 0.05) is 23.5 Å². The summed E-state index contributed by atoms with van der Waals surface area (Å²) in [6.07, 6.45) is 3.61. The summed E-state index contributed by atoms with van der Waals surface area (Å²) >= 11 is 3.33. The van der Waals surface area contributed by atoms with Crippen LogP contribution in [0.3, 0.4) is 0 Å². The van der Waals surface area contributed by atoms with Crippen molar-refractivity contribution in [1.82, 2.24) is 15.2 Å². The van der Waals surface area contributed by atoms with Gasteiger partial charge in [-0.05, 0) is 35.0 Å². The van der Waals surface area contributed by atoms with Crippen LogP contribution in [0.2, 0.25) is 0 Å². The minimum atomic E-state index is -0.341. The molecular weight excluding hydrogens is 350 g/mol. The first kappa shape index (κ1) is 15.1. The van der Waals surface area contributed by atoms with Gasteiger partial charge in [-0.25, -0.2) is 14.3 Å². The van der Waals surface area contributed by atoms with Crippen LogP contribution in [0.25, 0.3) is 11.6 Å². The Bertz CT molecular complexity index is 687. The number of likely N-dealkylation sites (tertiary alicyclic amines) is 1. The van der Waals surface area contributed by atoms with Crippen molar-refractivity contribution in [1.29, 1.82) is 0 Å². The number of nitrogens with zero attached hydrogens (tertiary/aromatic N) is 4. The van der Waals surface area contributed by atoms with E-state index in [4.69, 9.17) is 10.2 Å². The van der Waals surface area contributed by atoms with Gasteiger partial charge in [-0.2, -0.15) is 0 Å². The number of hydrogen-bond donors (Lipinski definition) is 1. The zero-order valence-electron chi connectivity index (χ0n) is 12.2. The third-order valence-corrected chi connectivity index (χ3v) is 4.76. The van der Waals surface area contributed by atoms with E-state index < -0.39 is 0 Å². The molecule has 0 aliphatic carbocycles. The fraction of sp³-hybridized carbons (Fsp3) is 0.429. The van der Waals surface area contributed by atoms with Crippen LogP contribution in [0.4, 0.5) is 4.79 Å². The van der Waals surface area contributed by atoms with Crippen molar-refractivity contribution >= 4 is 22.0 Å². The van der Waals surface area contributed by atoms with Crippen LogP contribution < -0.4 is 5.73 Å². The molecule has 2 atom stereocenters. The SMILES string of the molecule is C[C@@H]1CCC[N+]1(Cc1nnc(-c2ccc(Br)cn2)o1)C(N)=O. The Hall–Kier alpha value is -1.80. The molecule has 2 aromatic heterocycles. The summed E-state index contributed by atoms with van der Waals surface area (Å²) < 4.78 is 6.72. The lowest BCUT2D eigenvalue weighted by molar-refractivity contribution is -0.874. The lowest BCUT2D eigenvalue weighted by Gasteiger charge is -2.32. The Labute approximate surface area is 136 Å². The van der Waals surface area contributed by atoms with E-state index in [0.717, 1.165) is 17.3 Å². The number of quaternary nitrogens is 1. The molecular formula is C14H17BrN5O2+. The summed E-state index contributed by atoms with van der Waals surface area (Å²) in [6.45, 7) is 3.08. The van der Waals surface area contributed by atoms with Crippen LogP contribution >= 0.6 is 15.9 Å². The number of carbonyl (C=O) groups excluding carboxylic acids is 1. The number of halogens is 1. The first-order chi connectivity index (χ1) is 10.5. The van der Waals surface area contributed by atoms with E-state index in [2.05, 4.69) is 31.1 Å². The number of pyridine rings is 1. The van der Waals surface area contributed by atoms with Gasteiger partial charge in [-0.1, -0.05) is 0 Å². The lowest BCUT2D eigenvalue weighted by atomic mass is 10.2. The Balaban J connectivity index is 1.85. The second kappa shape index (κ2) is 5.77.